The van der Waals surface area contributed by atoms with E-state index in [0.29, 0.717) is 11.6 Å². The minimum atomic E-state index is -4.45. The lowest BCUT2D eigenvalue weighted by Gasteiger charge is -2.29. The topological polar surface area (TPSA) is 46.9 Å². The molecule has 1 aromatic heterocycles. The van der Waals surface area contributed by atoms with Crippen LogP contribution < -0.4 is 5.32 Å². The molecular weight excluding hydrogens is 355 g/mol. The van der Waals surface area contributed by atoms with E-state index in [1.807, 2.05) is 0 Å². The molecule has 0 aliphatic heterocycles. The Bertz CT molecular complexity index is 710. The van der Waals surface area contributed by atoms with Gasteiger partial charge >= 0.3 is 6.18 Å². The molecule has 1 aromatic rings. The molecule has 3 saturated carbocycles. The summed E-state index contributed by atoms with van der Waals surface area (Å²) in [6.07, 6.45) is 2.41. The van der Waals surface area contributed by atoms with Gasteiger partial charge in [0.15, 0.2) is 5.69 Å². The van der Waals surface area contributed by atoms with Gasteiger partial charge in [0, 0.05) is 17.7 Å². The summed E-state index contributed by atoms with van der Waals surface area (Å²) in [7, 11) is 0. The molecule has 5 atom stereocenters. The Morgan fingerprint density at radius 1 is 1.26 bits per heavy atom. The number of rotatable bonds is 6. The predicted molar refractivity (Wildman–Crippen MR) is 94.9 cm³/mol. The summed E-state index contributed by atoms with van der Waals surface area (Å²) >= 11 is 0. The van der Waals surface area contributed by atoms with E-state index >= 15 is 0 Å². The van der Waals surface area contributed by atoms with Crippen LogP contribution in [0.1, 0.15) is 69.7 Å². The van der Waals surface area contributed by atoms with Crippen molar-refractivity contribution >= 4 is 5.91 Å². The van der Waals surface area contributed by atoms with Crippen molar-refractivity contribution in [3.05, 3.63) is 17.5 Å². The summed E-state index contributed by atoms with van der Waals surface area (Å²) in [6, 6.07) is 1.28. The minimum absolute atomic E-state index is 0.0870. The summed E-state index contributed by atoms with van der Waals surface area (Å²) in [4.78, 5) is 12.6. The number of nitrogens with one attached hydrogen (secondary N) is 1. The number of halogens is 3. The van der Waals surface area contributed by atoms with Crippen LogP contribution in [0.4, 0.5) is 13.2 Å². The molecule has 1 N–H and O–H groups in total. The molecule has 2 bridgehead atoms. The number of amides is 1. The molecule has 0 spiro atoms. The predicted octanol–water partition coefficient (Wildman–Crippen LogP) is 4.36. The Morgan fingerprint density at radius 2 is 2.00 bits per heavy atom. The number of nitrogens with zero attached hydrogens (tertiary/aromatic N) is 2. The van der Waals surface area contributed by atoms with Gasteiger partial charge in [0.2, 0.25) is 5.91 Å². The molecule has 3 aliphatic carbocycles. The molecule has 4 rings (SSSR count). The van der Waals surface area contributed by atoms with Gasteiger partial charge in [0.1, 0.15) is 0 Å². The SMILES string of the molecule is CC(Cn1nc(C(F)(F)F)cc1C1CC1)C(=O)NC(C)C1CC2CCC1C2. The maximum Gasteiger partial charge on any atom is 0.435 e. The lowest BCUT2D eigenvalue weighted by Crippen LogP contribution is -2.43. The second-order valence-corrected chi connectivity index (χ2v) is 8.95. The Kier molecular flexibility index (Phi) is 4.75. The molecule has 0 radical (unpaired) electrons. The summed E-state index contributed by atoms with van der Waals surface area (Å²) < 4.78 is 40.5. The van der Waals surface area contributed by atoms with Gasteiger partial charge in [-0.1, -0.05) is 13.3 Å². The number of fused-ring (bicyclic) bond motifs is 2. The first kappa shape index (κ1) is 18.8. The first-order valence-electron chi connectivity index (χ1n) is 10.2. The molecule has 3 fully saturated rings. The fraction of sp³-hybridized carbons (Fsp3) is 0.800. The van der Waals surface area contributed by atoms with Crippen LogP contribution in [0.15, 0.2) is 6.07 Å². The zero-order valence-electron chi connectivity index (χ0n) is 15.9. The lowest BCUT2D eigenvalue weighted by molar-refractivity contribution is -0.141. The Morgan fingerprint density at radius 3 is 2.56 bits per heavy atom. The van der Waals surface area contributed by atoms with Gasteiger partial charge in [-0.25, -0.2) is 0 Å². The van der Waals surface area contributed by atoms with Gasteiger partial charge in [-0.3, -0.25) is 9.48 Å². The van der Waals surface area contributed by atoms with Crippen LogP contribution in [-0.2, 0) is 17.5 Å². The van der Waals surface area contributed by atoms with Crippen molar-refractivity contribution in [2.24, 2.45) is 23.7 Å². The first-order chi connectivity index (χ1) is 12.7. The molecule has 7 heteroatoms. The highest BCUT2D eigenvalue weighted by Gasteiger charge is 2.42. The maximum absolute atomic E-state index is 13.0. The van der Waals surface area contributed by atoms with Gasteiger partial charge in [0.25, 0.3) is 0 Å². The second kappa shape index (κ2) is 6.82. The normalized spacial score (nSPS) is 29.7. The molecule has 4 nitrogen and oxygen atoms in total. The van der Waals surface area contributed by atoms with E-state index in [4.69, 9.17) is 0 Å². The van der Waals surface area contributed by atoms with Crippen LogP contribution in [0, 0.1) is 23.7 Å². The molecule has 0 saturated heterocycles. The lowest BCUT2D eigenvalue weighted by atomic mass is 9.84. The molecule has 1 heterocycles. The van der Waals surface area contributed by atoms with Crippen LogP contribution in [0.3, 0.4) is 0 Å². The third-order valence-electron chi connectivity index (χ3n) is 6.80. The van der Waals surface area contributed by atoms with Crippen LogP contribution in [0.25, 0.3) is 0 Å². The third kappa shape index (κ3) is 3.87. The largest absolute Gasteiger partial charge is 0.435 e. The number of hydrogen-bond acceptors (Lipinski definition) is 2. The second-order valence-electron chi connectivity index (χ2n) is 8.95. The summed E-state index contributed by atoms with van der Waals surface area (Å²) in [5.41, 5.74) is -0.240. The van der Waals surface area contributed by atoms with Crippen molar-refractivity contribution in [1.82, 2.24) is 15.1 Å². The average Bonchev–Trinajstić information content (AvgIpc) is 3.03. The van der Waals surface area contributed by atoms with Gasteiger partial charge in [0.05, 0.1) is 12.5 Å². The van der Waals surface area contributed by atoms with E-state index in [0.717, 1.165) is 30.7 Å². The van der Waals surface area contributed by atoms with Crippen LogP contribution in [0.2, 0.25) is 0 Å². The number of hydrogen-bond donors (Lipinski definition) is 1. The fourth-order valence-corrected chi connectivity index (χ4v) is 5.15. The quantitative estimate of drug-likeness (QED) is 0.794. The number of carbonyl (C=O) groups excluding carboxylic acids is 1. The average molecular weight is 383 g/mol. The Hall–Kier alpha value is -1.53. The van der Waals surface area contributed by atoms with E-state index in [-0.39, 0.29) is 24.4 Å². The van der Waals surface area contributed by atoms with Crippen molar-refractivity contribution in [3.8, 4) is 0 Å². The van der Waals surface area contributed by atoms with Crippen LogP contribution in [0.5, 0.6) is 0 Å². The highest BCUT2D eigenvalue weighted by atomic mass is 19.4. The fourth-order valence-electron chi connectivity index (χ4n) is 5.15. The molecular formula is C20H28F3N3O. The van der Waals surface area contributed by atoms with Gasteiger partial charge in [-0.05, 0) is 62.8 Å². The smallest absolute Gasteiger partial charge is 0.353 e. The first-order valence-corrected chi connectivity index (χ1v) is 10.2. The molecule has 1 amide bonds. The highest BCUT2D eigenvalue weighted by Crippen LogP contribution is 2.49. The van der Waals surface area contributed by atoms with Crippen molar-refractivity contribution in [1.29, 1.82) is 0 Å². The van der Waals surface area contributed by atoms with E-state index in [1.54, 1.807) is 6.92 Å². The standard InChI is InChI=1S/C20H28F3N3O/c1-11(19(27)24-12(2)16-8-13-3-4-15(16)7-13)10-26-17(14-5-6-14)9-18(25-26)20(21,22)23/h9,11-16H,3-8,10H2,1-2H3,(H,24,27). The van der Waals surface area contributed by atoms with E-state index in [1.165, 1.54) is 30.4 Å². The Balaban J connectivity index is 1.39. The number of aromatic nitrogens is 2. The van der Waals surface area contributed by atoms with Crippen molar-refractivity contribution < 1.29 is 18.0 Å². The zero-order chi connectivity index (χ0) is 19.3. The van der Waals surface area contributed by atoms with Gasteiger partial charge < -0.3 is 5.32 Å². The molecule has 5 unspecified atom stereocenters. The number of carbonyl (C=O) groups is 1. The van der Waals surface area contributed by atoms with E-state index in [9.17, 15) is 18.0 Å². The molecule has 0 aromatic carbocycles. The van der Waals surface area contributed by atoms with Crippen molar-refractivity contribution in [3.63, 3.8) is 0 Å². The Labute approximate surface area is 157 Å². The highest BCUT2D eigenvalue weighted by molar-refractivity contribution is 5.78. The van der Waals surface area contributed by atoms with Crippen LogP contribution in [-0.4, -0.2) is 21.7 Å². The van der Waals surface area contributed by atoms with Crippen molar-refractivity contribution in [2.45, 2.75) is 77.1 Å². The summed E-state index contributed by atoms with van der Waals surface area (Å²) in [6.45, 7) is 4.03. The third-order valence-corrected chi connectivity index (χ3v) is 6.80. The van der Waals surface area contributed by atoms with Crippen molar-refractivity contribution in [2.75, 3.05) is 0 Å². The van der Waals surface area contributed by atoms with Crippen LogP contribution >= 0.6 is 0 Å². The summed E-state index contributed by atoms with van der Waals surface area (Å²) in [5.74, 6) is 1.74. The molecule has 3 aliphatic rings. The molecule has 150 valence electrons. The molecule has 27 heavy (non-hydrogen) atoms. The van der Waals surface area contributed by atoms with E-state index in [2.05, 4.69) is 17.3 Å². The minimum Gasteiger partial charge on any atom is -0.353 e. The summed E-state index contributed by atoms with van der Waals surface area (Å²) in [5, 5.41) is 6.89. The van der Waals surface area contributed by atoms with E-state index < -0.39 is 17.8 Å². The van der Waals surface area contributed by atoms with Gasteiger partial charge in [-0.2, -0.15) is 18.3 Å². The maximum atomic E-state index is 13.0. The monoisotopic (exact) mass is 383 g/mol. The zero-order valence-corrected chi connectivity index (χ0v) is 15.9. The van der Waals surface area contributed by atoms with Gasteiger partial charge in [-0.15, -0.1) is 0 Å². The number of alkyl halides is 3.